The zero-order valence-corrected chi connectivity index (χ0v) is 14.3. The molecule has 116 valence electrons. The van der Waals surface area contributed by atoms with E-state index in [1.54, 1.807) is 0 Å². The fourth-order valence-corrected chi connectivity index (χ4v) is 3.02. The van der Waals surface area contributed by atoms with Gasteiger partial charge >= 0.3 is 0 Å². The Hall–Kier alpha value is -2.41. The summed E-state index contributed by atoms with van der Waals surface area (Å²) < 4.78 is 0. The Morgan fingerprint density at radius 1 is 0.870 bits per heavy atom. The molecule has 0 fully saturated rings. The summed E-state index contributed by atoms with van der Waals surface area (Å²) in [5.41, 5.74) is 5.94. The SMILES string of the molecule is C/C(=N\c1cc2ccccc2cc1C(C)C)c1ccccc1C. The summed E-state index contributed by atoms with van der Waals surface area (Å²) >= 11 is 0. The van der Waals surface area contributed by atoms with E-state index in [2.05, 4.69) is 88.4 Å². The number of aryl methyl sites for hydroxylation is 1. The van der Waals surface area contributed by atoms with Crippen molar-refractivity contribution in [2.75, 3.05) is 0 Å². The maximum Gasteiger partial charge on any atom is 0.0674 e. The first-order valence-corrected chi connectivity index (χ1v) is 8.20. The van der Waals surface area contributed by atoms with Gasteiger partial charge in [-0.25, -0.2) is 0 Å². The minimum absolute atomic E-state index is 0.447. The lowest BCUT2D eigenvalue weighted by Crippen LogP contribution is -1.98. The molecule has 3 aromatic rings. The van der Waals surface area contributed by atoms with Crippen molar-refractivity contribution in [1.29, 1.82) is 0 Å². The number of rotatable bonds is 3. The van der Waals surface area contributed by atoms with Gasteiger partial charge in [-0.15, -0.1) is 0 Å². The van der Waals surface area contributed by atoms with Crippen molar-refractivity contribution in [3.63, 3.8) is 0 Å². The van der Waals surface area contributed by atoms with Gasteiger partial charge in [-0.3, -0.25) is 4.99 Å². The van der Waals surface area contributed by atoms with Crippen LogP contribution < -0.4 is 0 Å². The minimum atomic E-state index is 0.447. The quantitative estimate of drug-likeness (QED) is 0.495. The maximum atomic E-state index is 4.98. The number of hydrogen-bond donors (Lipinski definition) is 0. The minimum Gasteiger partial charge on any atom is -0.253 e. The summed E-state index contributed by atoms with van der Waals surface area (Å²) in [5, 5.41) is 2.52. The zero-order valence-electron chi connectivity index (χ0n) is 14.3. The van der Waals surface area contributed by atoms with Crippen LogP contribution in [0, 0.1) is 6.92 Å². The average molecular weight is 301 g/mol. The second-order valence-corrected chi connectivity index (χ2v) is 6.43. The molecular weight excluding hydrogens is 278 g/mol. The van der Waals surface area contributed by atoms with Crippen LogP contribution in [0.4, 0.5) is 5.69 Å². The lowest BCUT2D eigenvalue weighted by Gasteiger charge is -2.13. The Morgan fingerprint density at radius 2 is 1.48 bits per heavy atom. The van der Waals surface area contributed by atoms with Crippen molar-refractivity contribution in [3.8, 4) is 0 Å². The Kier molecular flexibility index (Phi) is 4.29. The number of nitrogens with zero attached hydrogens (tertiary/aromatic N) is 1. The van der Waals surface area contributed by atoms with Gasteiger partial charge in [0, 0.05) is 5.71 Å². The van der Waals surface area contributed by atoms with Crippen LogP contribution in [0.5, 0.6) is 0 Å². The average Bonchev–Trinajstić information content (AvgIpc) is 2.54. The highest BCUT2D eigenvalue weighted by atomic mass is 14.7. The lowest BCUT2D eigenvalue weighted by molar-refractivity contribution is 0.869. The number of hydrogen-bond acceptors (Lipinski definition) is 1. The Labute approximate surface area is 138 Å². The van der Waals surface area contributed by atoms with E-state index in [1.165, 1.54) is 27.5 Å². The van der Waals surface area contributed by atoms with Gasteiger partial charge in [-0.1, -0.05) is 62.4 Å². The van der Waals surface area contributed by atoms with Crippen LogP contribution in [0.15, 0.2) is 65.7 Å². The number of benzene rings is 3. The molecule has 1 nitrogen and oxygen atoms in total. The molecule has 0 N–H and O–H groups in total. The molecule has 3 aromatic carbocycles. The highest BCUT2D eigenvalue weighted by molar-refractivity contribution is 6.02. The van der Waals surface area contributed by atoms with Gasteiger partial charge in [0.05, 0.1) is 5.69 Å². The molecule has 0 bridgehead atoms. The first kappa shape index (κ1) is 15.5. The van der Waals surface area contributed by atoms with Crippen LogP contribution in [0.2, 0.25) is 0 Å². The fourth-order valence-electron chi connectivity index (χ4n) is 3.02. The zero-order chi connectivity index (χ0) is 16.4. The first-order chi connectivity index (χ1) is 11.1. The summed E-state index contributed by atoms with van der Waals surface area (Å²) in [7, 11) is 0. The van der Waals surface area contributed by atoms with E-state index in [-0.39, 0.29) is 0 Å². The summed E-state index contributed by atoms with van der Waals surface area (Å²) in [6.45, 7) is 8.69. The second kappa shape index (κ2) is 6.37. The number of fused-ring (bicyclic) bond motifs is 1. The van der Waals surface area contributed by atoms with E-state index in [0.717, 1.165) is 11.4 Å². The van der Waals surface area contributed by atoms with E-state index in [0.29, 0.717) is 5.92 Å². The maximum absolute atomic E-state index is 4.98. The van der Waals surface area contributed by atoms with Crippen molar-refractivity contribution in [3.05, 3.63) is 77.4 Å². The van der Waals surface area contributed by atoms with E-state index in [9.17, 15) is 0 Å². The van der Waals surface area contributed by atoms with Crippen molar-refractivity contribution in [2.24, 2.45) is 4.99 Å². The van der Waals surface area contributed by atoms with Gasteiger partial charge in [0.25, 0.3) is 0 Å². The van der Waals surface area contributed by atoms with E-state index in [4.69, 9.17) is 4.99 Å². The lowest BCUT2D eigenvalue weighted by atomic mass is 9.96. The molecule has 0 aliphatic carbocycles. The monoisotopic (exact) mass is 301 g/mol. The van der Waals surface area contributed by atoms with Gasteiger partial charge in [0.2, 0.25) is 0 Å². The highest BCUT2D eigenvalue weighted by Crippen LogP contribution is 2.32. The largest absolute Gasteiger partial charge is 0.253 e. The molecule has 3 rings (SSSR count). The summed E-state index contributed by atoms with van der Waals surface area (Å²) in [5.74, 6) is 0.447. The van der Waals surface area contributed by atoms with Crippen LogP contribution in [-0.2, 0) is 0 Å². The van der Waals surface area contributed by atoms with Crippen molar-refractivity contribution >= 4 is 22.2 Å². The van der Waals surface area contributed by atoms with E-state index in [1.807, 2.05) is 0 Å². The molecule has 0 amide bonds. The molecule has 0 aromatic heterocycles. The summed E-state index contributed by atoms with van der Waals surface area (Å²) in [6.07, 6.45) is 0. The van der Waals surface area contributed by atoms with Crippen molar-refractivity contribution in [1.82, 2.24) is 0 Å². The highest BCUT2D eigenvalue weighted by Gasteiger charge is 2.09. The smallest absolute Gasteiger partial charge is 0.0674 e. The van der Waals surface area contributed by atoms with Crippen LogP contribution in [0.1, 0.15) is 43.4 Å². The van der Waals surface area contributed by atoms with Crippen LogP contribution >= 0.6 is 0 Å². The molecule has 0 saturated carbocycles. The molecule has 0 spiro atoms. The van der Waals surface area contributed by atoms with E-state index >= 15 is 0 Å². The Morgan fingerprint density at radius 3 is 2.13 bits per heavy atom. The van der Waals surface area contributed by atoms with Crippen LogP contribution in [-0.4, -0.2) is 5.71 Å². The van der Waals surface area contributed by atoms with Gasteiger partial charge in [0.1, 0.15) is 0 Å². The Bertz CT molecular complexity index is 872. The standard InChI is InChI=1S/C22H23N/c1-15(2)21-13-18-10-6-7-11-19(18)14-22(21)23-17(4)20-12-8-5-9-16(20)3/h5-15H,1-4H3/b23-17+. The van der Waals surface area contributed by atoms with Crippen LogP contribution in [0.3, 0.4) is 0 Å². The topological polar surface area (TPSA) is 12.4 Å². The molecule has 1 heteroatoms. The van der Waals surface area contributed by atoms with Crippen LogP contribution in [0.25, 0.3) is 10.8 Å². The summed E-state index contributed by atoms with van der Waals surface area (Å²) in [4.78, 5) is 4.98. The predicted octanol–water partition coefficient (Wildman–Crippen LogP) is 6.41. The van der Waals surface area contributed by atoms with E-state index < -0.39 is 0 Å². The fraction of sp³-hybridized carbons (Fsp3) is 0.227. The molecule has 0 unspecified atom stereocenters. The van der Waals surface area contributed by atoms with Crippen molar-refractivity contribution < 1.29 is 0 Å². The van der Waals surface area contributed by atoms with Gasteiger partial charge in [0.15, 0.2) is 0 Å². The normalized spacial score (nSPS) is 12.1. The molecule has 0 aliphatic rings. The third-order valence-electron chi connectivity index (χ3n) is 4.34. The molecule has 0 saturated heterocycles. The van der Waals surface area contributed by atoms with Gasteiger partial charge < -0.3 is 0 Å². The Balaban J connectivity index is 2.16. The molecular formula is C22H23N. The third kappa shape index (κ3) is 3.19. The molecule has 0 heterocycles. The summed E-state index contributed by atoms with van der Waals surface area (Å²) in [6, 6.07) is 21.4. The molecule has 0 aliphatic heterocycles. The molecule has 0 atom stereocenters. The number of aliphatic imine (C=N–C) groups is 1. The second-order valence-electron chi connectivity index (χ2n) is 6.43. The predicted molar refractivity (Wildman–Crippen MR) is 101 cm³/mol. The molecule has 23 heavy (non-hydrogen) atoms. The van der Waals surface area contributed by atoms with Gasteiger partial charge in [-0.05, 0) is 59.4 Å². The third-order valence-corrected chi connectivity index (χ3v) is 4.34. The van der Waals surface area contributed by atoms with Crippen molar-refractivity contribution in [2.45, 2.75) is 33.6 Å². The van der Waals surface area contributed by atoms with Gasteiger partial charge in [-0.2, -0.15) is 0 Å². The first-order valence-electron chi connectivity index (χ1n) is 8.20. The molecule has 0 radical (unpaired) electrons.